The Morgan fingerprint density at radius 1 is 1.02 bits per heavy atom. The van der Waals surface area contributed by atoms with Crippen LogP contribution in [0.1, 0.15) is 65.4 Å². The summed E-state index contributed by atoms with van der Waals surface area (Å²) in [5.41, 5.74) is 2.93. The summed E-state index contributed by atoms with van der Waals surface area (Å²) < 4.78 is 17.1. The van der Waals surface area contributed by atoms with Gasteiger partial charge < -0.3 is 24.0 Å². The molecule has 3 aliphatic carbocycles. The summed E-state index contributed by atoms with van der Waals surface area (Å²) in [5.74, 6) is 0.427. The summed E-state index contributed by atoms with van der Waals surface area (Å²) in [7, 11) is 7.20. The fraction of sp³-hybridized carbons (Fsp3) is 0.697. The van der Waals surface area contributed by atoms with Gasteiger partial charge >= 0.3 is 5.97 Å². The zero-order chi connectivity index (χ0) is 29.5. The van der Waals surface area contributed by atoms with Crippen molar-refractivity contribution in [1.82, 2.24) is 9.80 Å². The standard InChI is InChI=1S/C33H52N2O5/c1-24(2)30(36)40-33(21-27-15-16-28(33)29(25(27)3)26-13-10-9-11-14-26)17-20-34(5)18-12-19-35(6)31(37)32(4,22-38-7)23-39-8/h9-11,13-14,24,27-28H,12,15-23H2,1-8H3/t27-,28-,33-/m0/s1. The molecule has 1 aromatic carbocycles. The lowest BCUT2D eigenvalue weighted by atomic mass is 9.57. The molecule has 2 bridgehead atoms. The zero-order valence-electron chi connectivity index (χ0n) is 26.1. The van der Waals surface area contributed by atoms with Crippen LogP contribution in [0.2, 0.25) is 0 Å². The lowest BCUT2D eigenvalue weighted by Crippen LogP contribution is -2.53. The number of carbonyl (C=O) groups is 2. The average molecular weight is 557 g/mol. The Kier molecular flexibility index (Phi) is 11.4. The van der Waals surface area contributed by atoms with E-state index in [0.717, 1.165) is 45.2 Å². The van der Waals surface area contributed by atoms with E-state index in [-0.39, 0.29) is 23.7 Å². The van der Waals surface area contributed by atoms with Crippen LogP contribution < -0.4 is 0 Å². The molecule has 7 heteroatoms. The average Bonchev–Trinajstić information content (AvgIpc) is 2.93. The summed E-state index contributed by atoms with van der Waals surface area (Å²) in [6, 6.07) is 10.7. The van der Waals surface area contributed by atoms with Crippen LogP contribution in [0.3, 0.4) is 0 Å². The van der Waals surface area contributed by atoms with Gasteiger partial charge in [0.2, 0.25) is 5.91 Å². The number of hydrogen-bond donors (Lipinski definition) is 0. The van der Waals surface area contributed by atoms with Crippen molar-refractivity contribution in [2.75, 3.05) is 61.2 Å². The van der Waals surface area contributed by atoms with E-state index in [0.29, 0.717) is 25.7 Å². The minimum atomic E-state index is -0.695. The van der Waals surface area contributed by atoms with Crippen LogP contribution in [-0.4, -0.2) is 88.4 Å². The molecule has 3 aliphatic rings. The molecule has 4 rings (SSSR count). The maximum Gasteiger partial charge on any atom is 0.308 e. The molecule has 1 fully saturated rings. The van der Waals surface area contributed by atoms with E-state index in [9.17, 15) is 9.59 Å². The third-order valence-corrected chi connectivity index (χ3v) is 9.02. The van der Waals surface area contributed by atoms with Gasteiger partial charge in [0, 0.05) is 46.7 Å². The van der Waals surface area contributed by atoms with Crippen molar-refractivity contribution in [3.05, 3.63) is 41.5 Å². The van der Waals surface area contributed by atoms with E-state index >= 15 is 0 Å². The fourth-order valence-electron chi connectivity index (χ4n) is 6.80. The quantitative estimate of drug-likeness (QED) is 0.273. The number of fused-ring (bicyclic) bond motifs is 2. The summed E-state index contributed by atoms with van der Waals surface area (Å²) in [4.78, 5) is 30.2. The first-order chi connectivity index (χ1) is 19.0. The Balaban J connectivity index is 1.68. The third-order valence-electron chi connectivity index (χ3n) is 9.02. The van der Waals surface area contributed by atoms with E-state index in [1.807, 2.05) is 27.8 Å². The molecule has 0 N–H and O–H groups in total. The van der Waals surface area contributed by atoms with Crippen molar-refractivity contribution in [2.24, 2.45) is 23.2 Å². The molecule has 0 saturated heterocycles. The molecule has 40 heavy (non-hydrogen) atoms. The monoisotopic (exact) mass is 556 g/mol. The number of methoxy groups -OCH3 is 2. The lowest BCUT2D eigenvalue weighted by molar-refractivity contribution is -0.176. The second-order valence-electron chi connectivity index (χ2n) is 12.7. The highest BCUT2D eigenvalue weighted by atomic mass is 16.6. The van der Waals surface area contributed by atoms with Crippen LogP contribution in [0.4, 0.5) is 0 Å². The van der Waals surface area contributed by atoms with E-state index in [1.54, 1.807) is 19.1 Å². The highest BCUT2D eigenvalue weighted by Gasteiger charge is 2.53. The van der Waals surface area contributed by atoms with Gasteiger partial charge in [0.05, 0.1) is 24.5 Å². The first kappa shape index (κ1) is 32.3. The van der Waals surface area contributed by atoms with Crippen LogP contribution in [0, 0.1) is 23.2 Å². The Bertz CT molecular complexity index is 1020. The fourth-order valence-corrected chi connectivity index (χ4v) is 6.80. The third kappa shape index (κ3) is 7.34. The maximum absolute atomic E-state index is 13.1. The Labute approximate surface area is 242 Å². The van der Waals surface area contributed by atoms with Gasteiger partial charge in [-0.2, -0.15) is 0 Å². The van der Waals surface area contributed by atoms with Crippen LogP contribution in [0.15, 0.2) is 35.9 Å². The zero-order valence-corrected chi connectivity index (χ0v) is 26.1. The molecule has 0 aliphatic heterocycles. The molecular formula is C33H52N2O5. The largest absolute Gasteiger partial charge is 0.458 e. The van der Waals surface area contributed by atoms with Crippen LogP contribution in [0.5, 0.6) is 0 Å². The van der Waals surface area contributed by atoms with Gasteiger partial charge in [0.25, 0.3) is 0 Å². The molecule has 0 spiro atoms. The molecule has 3 atom stereocenters. The first-order valence-electron chi connectivity index (χ1n) is 14.9. The highest BCUT2D eigenvalue weighted by molar-refractivity contribution is 5.82. The number of allylic oxidation sites excluding steroid dienone is 1. The number of esters is 1. The molecule has 224 valence electrons. The van der Waals surface area contributed by atoms with Crippen LogP contribution in [-0.2, 0) is 23.8 Å². The topological polar surface area (TPSA) is 68.3 Å². The first-order valence-corrected chi connectivity index (χ1v) is 14.9. The summed E-state index contributed by atoms with van der Waals surface area (Å²) >= 11 is 0. The van der Waals surface area contributed by atoms with Crippen LogP contribution >= 0.6 is 0 Å². The summed E-state index contributed by atoms with van der Waals surface area (Å²) in [5, 5.41) is 0. The predicted molar refractivity (Wildman–Crippen MR) is 160 cm³/mol. The predicted octanol–water partition coefficient (Wildman–Crippen LogP) is 5.30. The van der Waals surface area contributed by atoms with E-state index < -0.39 is 11.0 Å². The van der Waals surface area contributed by atoms with Crippen molar-refractivity contribution in [1.29, 1.82) is 0 Å². The van der Waals surface area contributed by atoms with Gasteiger partial charge in [-0.15, -0.1) is 0 Å². The molecule has 1 saturated carbocycles. The summed E-state index contributed by atoms with van der Waals surface area (Å²) in [6.07, 6.45) is 4.78. The van der Waals surface area contributed by atoms with Crippen molar-refractivity contribution < 1.29 is 23.8 Å². The van der Waals surface area contributed by atoms with Gasteiger partial charge in [-0.1, -0.05) is 49.8 Å². The van der Waals surface area contributed by atoms with Gasteiger partial charge in [-0.25, -0.2) is 0 Å². The number of benzene rings is 1. The van der Waals surface area contributed by atoms with Crippen molar-refractivity contribution >= 4 is 17.4 Å². The summed E-state index contributed by atoms with van der Waals surface area (Å²) in [6.45, 7) is 11.0. The van der Waals surface area contributed by atoms with Gasteiger partial charge in [0.1, 0.15) is 5.60 Å². The number of hydrogen-bond acceptors (Lipinski definition) is 6. The molecule has 7 nitrogen and oxygen atoms in total. The second kappa shape index (κ2) is 14.1. The van der Waals surface area contributed by atoms with Gasteiger partial charge in [-0.3, -0.25) is 9.59 Å². The normalized spacial score (nSPS) is 22.8. The highest BCUT2D eigenvalue weighted by Crippen LogP contribution is 2.56. The Hall–Kier alpha value is -2.22. The molecule has 1 aromatic rings. The minimum Gasteiger partial charge on any atom is -0.458 e. The molecule has 0 radical (unpaired) electrons. The van der Waals surface area contributed by atoms with E-state index in [1.165, 1.54) is 16.7 Å². The Morgan fingerprint density at radius 3 is 2.27 bits per heavy atom. The van der Waals surface area contributed by atoms with E-state index in [2.05, 4.69) is 49.2 Å². The minimum absolute atomic E-state index is 0.0345. The number of rotatable bonds is 15. The van der Waals surface area contributed by atoms with Gasteiger partial charge in [0.15, 0.2) is 0 Å². The molecule has 0 unspecified atom stereocenters. The molecule has 0 heterocycles. The van der Waals surface area contributed by atoms with Crippen molar-refractivity contribution in [3.63, 3.8) is 0 Å². The maximum atomic E-state index is 13.1. The van der Waals surface area contributed by atoms with Crippen LogP contribution in [0.25, 0.3) is 5.57 Å². The molecule has 0 aromatic heterocycles. The smallest absolute Gasteiger partial charge is 0.308 e. The van der Waals surface area contributed by atoms with Gasteiger partial charge in [-0.05, 0) is 70.2 Å². The molecule has 1 amide bonds. The SMILES string of the molecule is COCC(C)(COC)C(=O)N(C)CCCN(C)CC[C@]1(OC(=O)C(C)C)C[C@@H]2CC[C@H]1C(c1ccccc1)=C2C. The molecular weight excluding hydrogens is 504 g/mol. The Morgan fingerprint density at radius 2 is 1.68 bits per heavy atom. The van der Waals surface area contributed by atoms with E-state index in [4.69, 9.17) is 14.2 Å². The number of nitrogens with zero attached hydrogens (tertiary/aromatic N) is 2. The second-order valence-corrected chi connectivity index (χ2v) is 12.7. The lowest BCUT2D eigenvalue weighted by Gasteiger charge is -2.53. The number of carbonyl (C=O) groups excluding carboxylic acids is 2. The van der Waals surface area contributed by atoms with Crippen molar-refractivity contribution in [3.8, 4) is 0 Å². The number of amides is 1. The number of ether oxygens (including phenoxy) is 3. The van der Waals surface area contributed by atoms with Crippen molar-refractivity contribution in [2.45, 2.75) is 65.4 Å².